The van der Waals surface area contributed by atoms with E-state index in [9.17, 15) is 5.11 Å². The number of morpholine rings is 1. The summed E-state index contributed by atoms with van der Waals surface area (Å²) in [5, 5.41) is 10.8. The zero-order valence-electron chi connectivity index (χ0n) is 14.5. The number of phenols is 1. The fraction of sp³-hybridized carbons (Fsp3) is 0.667. The van der Waals surface area contributed by atoms with Gasteiger partial charge in [-0.15, -0.1) is 0 Å². The molecule has 2 aliphatic heterocycles. The fourth-order valence-electron chi connectivity index (χ4n) is 3.40. The molecule has 1 aromatic carbocycles. The molecule has 0 saturated carbocycles. The van der Waals surface area contributed by atoms with Crippen LogP contribution in [0.4, 0.5) is 0 Å². The molecule has 0 amide bonds. The normalized spacial score (nSPS) is 25.4. The minimum absolute atomic E-state index is 0.141. The Morgan fingerprint density at radius 3 is 2.78 bits per heavy atom. The van der Waals surface area contributed by atoms with Crippen molar-refractivity contribution in [3.8, 4) is 11.5 Å². The van der Waals surface area contributed by atoms with E-state index < -0.39 is 0 Å². The van der Waals surface area contributed by atoms with Crippen LogP contribution in [0, 0.1) is 0 Å². The Balaban J connectivity index is 1.89. The lowest BCUT2D eigenvalue weighted by Gasteiger charge is -2.36. The van der Waals surface area contributed by atoms with Crippen molar-refractivity contribution in [1.82, 2.24) is 4.90 Å². The minimum Gasteiger partial charge on any atom is -0.507 e. The van der Waals surface area contributed by atoms with Crippen LogP contribution in [-0.4, -0.2) is 55.6 Å². The van der Waals surface area contributed by atoms with E-state index in [4.69, 9.17) is 14.2 Å². The molecule has 5 heteroatoms. The van der Waals surface area contributed by atoms with Gasteiger partial charge in [0.05, 0.1) is 39.1 Å². The third-order valence-corrected chi connectivity index (χ3v) is 4.76. The summed E-state index contributed by atoms with van der Waals surface area (Å²) in [6, 6.07) is 4.14. The molecule has 23 heavy (non-hydrogen) atoms. The Bertz CT molecular complexity index is 567. The quantitative estimate of drug-likeness (QED) is 0.926. The average molecular weight is 321 g/mol. The molecule has 2 aliphatic rings. The number of hydrogen-bond acceptors (Lipinski definition) is 5. The number of fused-ring (bicyclic) bond motifs is 1. The summed E-state index contributed by atoms with van der Waals surface area (Å²) in [5.74, 6) is 1.16. The van der Waals surface area contributed by atoms with Gasteiger partial charge in [-0.25, -0.2) is 0 Å². The molecule has 1 N–H and O–H groups in total. The number of nitrogens with zero attached hydrogens (tertiary/aromatic N) is 1. The first-order valence-corrected chi connectivity index (χ1v) is 8.24. The molecule has 0 bridgehead atoms. The molecule has 0 aliphatic carbocycles. The summed E-state index contributed by atoms with van der Waals surface area (Å²) in [6.45, 7) is 9.90. The van der Waals surface area contributed by atoms with E-state index in [1.807, 2.05) is 12.1 Å². The van der Waals surface area contributed by atoms with Crippen LogP contribution >= 0.6 is 0 Å². The van der Waals surface area contributed by atoms with Crippen molar-refractivity contribution in [2.45, 2.75) is 44.9 Å². The third-order valence-electron chi connectivity index (χ3n) is 4.76. The van der Waals surface area contributed by atoms with Gasteiger partial charge in [-0.2, -0.15) is 0 Å². The molecular formula is C18H27NO4. The molecule has 3 rings (SSSR count). The Kier molecular flexibility index (Phi) is 4.54. The first-order valence-electron chi connectivity index (χ1n) is 8.24. The highest BCUT2D eigenvalue weighted by molar-refractivity contribution is 5.49. The van der Waals surface area contributed by atoms with E-state index in [0.717, 1.165) is 23.4 Å². The van der Waals surface area contributed by atoms with Crippen LogP contribution in [0.3, 0.4) is 0 Å². The maximum Gasteiger partial charge on any atom is 0.124 e. The summed E-state index contributed by atoms with van der Waals surface area (Å²) in [7, 11) is 1.66. The highest BCUT2D eigenvalue weighted by Crippen LogP contribution is 2.38. The summed E-state index contributed by atoms with van der Waals surface area (Å²) in [4.78, 5) is 2.35. The molecule has 128 valence electrons. The van der Waals surface area contributed by atoms with Gasteiger partial charge in [0.15, 0.2) is 0 Å². The Morgan fingerprint density at radius 1 is 1.30 bits per heavy atom. The summed E-state index contributed by atoms with van der Waals surface area (Å²) in [6.07, 6.45) is 0.151. The van der Waals surface area contributed by atoms with Gasteiger partial charge >= 0.3 is 0 Å². The Hall–Kier alpha value is -1.30. The topological polar surface area (TPSA) is 51.2 Å². The predicted molar refractivity (Wildman–Crippen MR) is 88.1 cm³/mol. The average Bonchev–Trinajstić information content (AvgIpc) is 2.97. The van der Waals surface area contributed by atoms with Crippen molar-refractivity contribution in [2.24, 2.45) is 0 Å². The van der Waals surface area contributed by atoms with Gasteiger partial charge < -0.3 is 19.3 Å². The number of methoxy groups -OCH3 is 1. The largest absolute Gasteiger partial charge is 0.507 e. The minimum atomic E-state index is -0.141. The molecule has 0 aromatic heterocycles. The second kappa shape index (κ2) is 6.30. The zero-order valence-corrected chi connectivity index (χ0v) is 14.5. The third kappa shape index (κ3) is 3.32. The standard InChI is InChI=1S/C18H27NO4/c1-18(2,3)14-8-13(21-4)7-12(17(14)20)9-19-5-6-23-16-11-22-10-15(16)19/h7-8,15-16,20H,5-6,9-11H2,1-4H3/t15-,16+/m0/s1. The number of benzene rings is 1. The van der Waals surface area contributed by atoms with Crippen LogP contribution < -0.4 is 4.74 Å². The van der Waals surface area contributed by atoms with E-state index in [0.29, 0.717) is 32.1 Å². The van der Waals surface area contributed by atoms with E-state index in [-0.39, 0.29) is 17.6 Å². The van der Waals surface area contributed by atoms with Crippen molar-refractivity contribution < 1.29 is 19.3 Å². The SMILES string of the molecule is COc1cc(CN2CCO[C@@H]3COC[C@@H]32)c(O)c(C(C)(C)C)c1. The molecular weight excluding hydrogens is 294 g/mol. The van der Waals surface area contributed by atoms with Crippen molar-refractivity contribution in [3.63, 3.8) is 0 Å². The molecule has 2 heterocycles. The molecule has 0 unspecified atom stereocenters. The summed E-state index contributed by atoms with van der Waals surface area (Å²) in [5.41, 5.74) is 1.68. The predicted octanol–water partition coefficient (Wildman–Crippen LogP) is 2.30. The van der Waals surface area contributed by atoms with Crippen molar-refractivity contribution in [1.29, 1.82) is 0 Å². The monoisotopic (exact) mass is 321 g/mol. The smallest absolute Gasteiger partial charge is 0.124 e. The molecule has 2 fully saturated rings. The van der Waals surface area contributed by atoms with E-state index >= 15 is 0 Å². The first-order chi connectivity index (χ1) is 10.9. The molecule has 5 nitrogen and oxygen atoms in total. The number of aromatic hydroxyl groups is 1. The van der Waals surface area contributed by atoms with Crippen LogP contribution in [0.5, 0.6) is 11.5 Å². The van der Waals surface area contributed by atoms with Gasteiger partial charge in [-0.3, -0.25) is 4.90 Å². The molecule has 2 atom stereocenters. The van der Waals surface area contributed by atoms with Gasteiger partial charge in [0.25, 0.3) is 0 Å². The lowest BCUT2D eigenvalue weighted by atomic mass is 9.85. The van der Waals surface area contributed by atoms with Gasteiger partial charge in [-0.1, -0.05) is 20.8 Å². The molecule has 0 spiro atoms. The maximum absolute atomic E-state index is 10.8. The number of rotatable bonds is 3. The first kappa shape index (κ1) is 16.6. The Labute approximate surface area is 138 Å². The van der Waals surface area contributed by atoms with Crippen LogP contribution in [-0.2, 0) is 21.4 Å². The van der Waals surface area contributed by atoms with Crippen molar-refractivity contribution >= 4 is 0 Å². The highest BCUT2D eigenvalue weighted by Gasteiger charge is 2.37. The number of phenolic OH excluding ortho intramolecular Hbond substituents is 1. The van der Waals surface area contributed by atoms with E-state index in [1.54, 1.807) is 7.11 Å². The van der Waals surface area contributed by atoms with Gasteiger partial charge in [0.1, 0.15) is 11.5 Å². The van der Waals surface area contributed by atoms with Crippen molar-refractivity contribution in [3.05, 3.63) is 23.3 Å². The van der Waals surface area contributed by atoms with E-state index in [2.05, 4.69) is 25.7 Å². The fourth-order valence-corrected chi connectivity index (χ4v) is 3.40. The molecule has 1 aromatic rings. The van der Waals surface area contributed by atoms with E-state index in [1.165, 1.54) is 0 Å². The van der Waals surface area contributed by atoms with Gasteiger partial charge in [-0.05, 0) is 17.5 Å². The van der Waals surface area contributed by atoms with Gasteiger partial charge in [0.2, 0.25) is 0 Å². The highest BCUT2D eigenvalue weighted by atomic mass is 16.6. The van der Waals surface area contributed by atoms with Crippen molar-refractivity contribution in [2.75, 3.05) is 33.5 Å². The summed E-state index contributed by atoms with van der Waals surface area (Å²) < 4.78 is 16.8. The van der Waals surface area contributed by atoms with Crippen LogP contribution in [0.2, 0.25) is 0 Å². The van der Waals surface area contributed by atoms with Crippen LogP contribution in [0.1, 0.15) is 31.9 Å². The summed E-state index contributed by atoms with van der Waals surface area (Å²) >= 11 is 0. The van der Waals surface area contributed by atoms with Crippen LogP contribution in [0.25, 0.3) is 0 Å². The lowest BCUT2D eigenvalue weighted by Crippen LogP contribution is -2.50. The maximum atomic E-state index is 10.8. The number of ether oxygens (including phenoxy) is 3. The van der Waals surface area contributed by atoms with Gasteiger partial charge in [0, 0.05) is 24.2 Å². The van der Waals surface area contributed by atoms with Crippen LogP contribution in [0.15, 0.2) is 12.1 Å². The second-order valence-corrected chi connectivity index (χ2v) is 7.42. The Morgan fingerprint density at radius 2 is 2.09 bits per heavy atom. The number of hydrogen-bond donors (Lipinski definition) is 1. The molecule has 0 radical (unpaired) electrons. The second-order valence-electron chi connectivity index (χ2n) is 7.42. The zero-order chi connectivity index (χ0) is 16.6. The lowest BCUT2D eigenvalue weighted by molar-refractivity contribution is -0.0513. The molecule has 2 saturated heterocycles.